The van der Waals surface area contributed by atoms with E-state index in [9.17, 15) is 13.5 Å². The van der Waals surface area contributed by atoms with Crippen molar-refractivity contribution in [2.45, 2.75) is 30.2 Å². The van der Waals surface area contributed by atoms with Gasteiger partial charge < -0.3 is 5.11 Å². The second kappa shape index (κ2) is 2.10. The third-order valence-electron chi connectivity index (χ3n) is 4.06. The van der Waals surface area contributed by atoms with Crippen LogP contribution < -0.4 is 0 Å². The van der Waals surface area contributed by atoms with Gasteiger partial charge in [-0.05, 0) is 24.7 Å². The van der Waals surface area contributed by atoms with Crippen LogP contribution in [-0.2, 0) is 10.0 Å². The largest absolute Gasteiger partial charge is 0.391 e. The van der Waals surface area contributed by atoms with Gasteiger partial charge in [-0.2, -0.15) is 4.31 Å². The van der Waals surface area contributed by atoms with Gasteiger partial charge in [0.1, 0.15) is 0 Å². The fourth-order valence-corrected chi connectivity index (χ4v) is 5.70. The first kappa shape index (κ1) is 8.20. The second-order valence-electron chi connectivity index (χ2n) is 4.48. The molecule has 1 heterocycles. The van der Waals surface area contributed by atoms with Crippen LogP contribution in [0.3, 0.4) is 0 Å². The Morgan fingerprint density at radius 3 is 2.62 bits per heavy atom. The van der Waals surface area contributed by atoms with E-state index in [1.807, 2.05) is 0 Å². The molecule has 0 aromatic carbocycles. The summed E-state index contributed by atoms with van der Waals surface area (Å²) in [4.78, 5) is 0. The summed E-state index contributed by atoms with van der Waals surface area (Å²) in [6, 6.07) is -0.117. The summed E-state index contributed by atoms with van der Waals surface area (Å²) in [7, 11) is -1.47. The van der Waals surface area contributed by atoms with Crippen molar-refractivity contribution in [2.24, 2.45) is 11.8 Å². The predicted molar refractivity (Wildman–Crippen MR) is 46.5 cm³/mol. The second-order valence-corrected chi connectivity index (χ2v) is 6.69. The lowest BCUT2D eigenvalue weighted by Gasteiger charge is -2.23. The first-order valence-electron chi connectivity index (χ1n) is 4.68. The van der Waals surface area contributed by atoms with Crippen LogP contribution in [0.25, 0.3) is 0 Å². The molecule has 5 heteroatoms. The zero-order chi connectivity index (χ0) is 9.38. The Morgan fingerprint density at radius 2 is 2.08 bits per heavy atom. The molecule has 1 aliphatic heterocycles. The molecule has 4 nitrogen and oxygen atoms in total. The van der Waals surface area contributed by atoms with E-state index in [-0.39, 0.29) is 23.1 Å². The smallest absolute Gasteiger partial charge is 0.217 e. The Kier molecular flexibility index (Phi) is 1.32. The predicted octanol–water partition coefficient (Wildman–Crippen LogP) is -0.601. The fourth-order valence-electron chi connectivity index (χ4n) is 3.45. The summed E-state index contributed by atoms with van der Waals surface area (Å²) in [6.45, 7) is 0. The normalized spacial score (nSPS) is 57.5. The van der Waals surface area contributed by atoms with Crippen LogP contribution in [0.15, 0.2) is 0 Å². The van der Waals surface area contributed by atoms with E-state index in [4.69, 9.17) is 0 Å². The fraction of sp³-hybridized carbons (Fsp3) is 1.00. The van der Waals surface area contributed by atoms with E-state index in [1.54, 1.807) is 7.05 Å². The Labute approximate surface area is 77.6 Å². The molecule has 1 saturated heterocycles. The van der Waals surface area contributed by atoms with Crippen LogP contribution >= 0.6 is 0 Å². The Balaban J connectivity index is 2.15. The molecule has 1 N–H and O–H groups in total. The minimum absolute atomic E-state index is 0.117. The van der Waals surface area contributed by atoms with Crippen molar-refractivity contribution in [1.82, 2.24) is 4.31 Å². The number of hydrogen-bond donors (Lipinski definition) is 1. The zero-order valence-electron chi connectivity index (χ0n) is 7.42. The molecule has 74 valence electrons. The Bertz CT molecular complexity index is 352. The number of fused-ring (bicyclic) bond motifs is 1. The SMILES string of the molecule is CN1C2C(O)C3CC2C(C3)S1(=O)=O. The summed E-state index contributed by atoms with van der Waals surface area (Å²) in [6.07, 6.45) is 1.17. The van der Waals surface area contributed by atoms with Gasteiger partial charge in [0.15, 0.2) is 0 Å². The summed E-state index contributed by atoms with van der Waals surface area (Å²) < 4.78 is 24.9. The van der Waals surface area contributed by atoms with Crippen molar-refractivity contribution in [3.63, 3.8) is 0 Å². The molecular weight excluding hydrogens is 190 g/mol. The minimum Gasteiger partial charge on any atom is -0.391 e. The van der Waals surface area contributed by atoms with Gasteiger partial charge in [0, 0.05) is 7.05 Å². The molecule has 0 spiro atoms. The lowest BCUT2D eigenvalue weighted by Crippen LogP contribution is -2.39. The lowest BCUT2D eigenvalue weighted by atomic mass is 9.93. The first-order chi connectivity index (χ1) is 6.03. The first-order valence-corrected chi connectivity index (χ1v) is 6.18. The van der Waals surface area contributed by atoms with Gasteiger partial charge in [-0.3, -0.25) is 0 Å². The van der Waals surface area contributed by atoms with Crippen molar-refractivity contribution in [3.8, 4) is 0 Å². The van der Waals surface area contributed by atoms with E-state index in [0.717, 1.165) is 6.42 Å². The third kappa shape index (κ3) is 0.727. The molecule has 2 aliphatic carbocycles. The maximum atomic E-state index is 11.8. The van der Waals surface area contributed by atoms with Crippen LogP contribution in [0.1, 0.15) is 12.8 Å². The number of rotatable bonds is 0. The average molecular weight is 203 g/mol. The molecule has 2 bridgehead atoms. The van der Waals surface area contributed by atoms with Crippen molar-refractivity contribution < 1.29 is 13.5 Å². The lowest BCUT2D eigenvalue weighted by molar-refractivity contribution is 0.0692. The topological polar surface area (TPSA) is 57.6 Å². The third-order valence-corrected chi connectivity index (χ3v) is 6.42. The Hall–Kier alpha value is -0.130. The number of aliphatic hydroxyl groups excluding tert-OH is 1. The number of likely N-dealkylation sites (N-methyl/N-ethyl adjacent to an activating group) is 1. The number of sulfonamides is 1. The molecule has 0 amide bonds. The van der Waals surface area contributed by atoms with Gasteiger partial charge in [0.05, 0.1) is 17.4 Å². The van der Waals surface area contributed by atoms with Crippen LogP contribution in [0.4, 0.5) is 0 Å². The number of nitrogens with zero attached hydrogens (tertiary/aromatic N) is 1. The van der Waals surface area contributed by atoms with Gasteiger partial charge >= 0.3 is 0 Å². The molecule has 13 heavy (non-hydrogen) atoms. The van der Waals surface area contributed by atoms with Crippen molar-refractivity contribution in [2.75, 3.05) is 7.05 Å². The number of hydrogen-bond acceptors (Lipinski definition) is 3. The van der Waals surface area contributed by atoms with Crippen LogP contribution in [0, 0.1) is 11.8 Å². The quantitative estimate of drug-likeness (QED) is 0.572. The van der Waals surface area contributed by atoms with Gasteiger partial charge in [-0.1, -0.05) is 0 Å². The van der Waals surface area contributed by atoms with E-state index >= 15 is 0 Å². The van der Waals surface area contributed by atoms with Gasteiger partial charge in [0.25, 0.3) is 0 Å². The van der Waals surface area contributed by atoms with Crippen molar-refractivity contribution in [1.29, 1.82) is 0 Å². The van der Waals surface area contributed by atoms with Crippen molar-refractivity contribution in [3.05, 3.63) is 0 Å². The molecule has 3 rings (SSSR count). The van der Waals surface area contributed by atoms with Crippen LogP contribution in [0.5, 0.6) is 0 Å². The highest BCUT2D eigenvalue weighted by Gasteiger charge is 2.64. The summed E-state index contributed by atoms with van der Waals surface area (Å²) >= 11 is 0. The highest BCUT2D eigenvalue weighted by molar-refractivity contribution is 7.90. The monoisotopic (exact) mass is 203 g/mol. The van der Waals surface area contributed by atoms with Gasteiger partial charge in [-0.25, -0.2) is 8.42 Å². The molecule has 3 fully saturated rings. The standard InChI is InChI=1S/C8H13NO3S/c1-9-7-5-2-4(8(7)10)3-6(5)13(9,11)12/h4-8,10H,2-3H2,1H3. The molecule has 3 aliphatic rings. The molecule has 5 unspecified atom stereocenters. The minimum atomic E-state index is -3.07. The molecule has 0 aromatic heterocycles. The maximum absolute atomic E-state index is 11.8. The maximum Gasteiger partial charge on any atom is 0.217 e. The van der Waals surface area contributed by atoms with E-state index in [2.05, 4.69) is 0 Å². The van der Waals surface area contributed by atoms with Crippen LogP contribution in [0.2, 0.25) is 0 Å². The summed E-state index contributed by atoms with van der Waals surface area (Å²) in [5.74, 6) is 0.440. The Morgan fingerprint density at radius 1 is 1.38 bits per heavy atom. The summed E-state index contributed by atoms with van der Waals surface area (Å²) in [5, 5.41) is 9.62. The zero-order valence-corrected chi connectivity index (χ0v) is 8.24. The summed E-state index contributed by atoms with van der Waals surface area (Å²) in [5.41, 5.74) is 0. The molecule has 0 aromatic rings. The molecule has 0 radical (unpaired) electrons. The average Bonchev–Trinajstić information content (AvgIpc) is 2.62. The molecular formula is C8H13NO3S. The molecule has 2 saturated carbocycles. The van der Waals surface area contributed by atoms with Gasteiger partial charge in [-0.15, -0.1) is 0 Å². The van der Waals surface area contributed by atoms with Crippen molar-refractivity contribution >= 4 is 10.0 Å². The van der Waals surface area contributed by atoms with Gasteiger partial charge in [0.2, 0.25) is 10.0 Å². The molecule has 5 atom stereocenters. The van der Waals surface area contributed by atoms with E-state index in [1.165, 1.54) is 4.31 Å². The highest BCUT2D eigenvalue weighted by atomic mass is 32.2. The highest BCUT2D eigenvalue weighted by Crippen LogP contribution is 2.54. The van der Waals surface area contributed by atoms with E-state index < -0.39 is 16.1 Å². The number of aliphatic hydroxyl groups is 1. The van der Waals surface area contributed by atoms with E-state index in [0.29, 0.717) is 6.42 Å². The van der Waals surface area contributed by atoms with Crippen LogP contribution in [-0.4, -0.2) is 42.3 Å².